The normalized spacial score (nSPS) is 11.3. The Morgan fingerprint density at radius 3 is 2.75 bits per heavy atom. The number of carbonyl (C=O) groups excluding carboxylic acids is 1. The van der Waals surface area contributed by atoms with Crippen molar-refractivity contribution in [3.63, 3.8) is 0 Å². The molecule has 1 N–H and O–H groups in total. The molecule has 0 fully saturated rings. The molecule has 0 saturated carbocycles. The second kappa shape index (κ2) is 9.57. The molecule has 162 valence electrons. The van der Waals surface area contributed by atoms with Gasteiger partial charge in [0.05, 0.1) is 5.69 Å². The van der Waals surface area contributed by atoms with Crippen LogP contribution >= 0.6 is 11.3 Å². The van der Waals surface area contributed by atoms with Crippen molar-refractivity contribution >= 4 is 34.0 Å². The summed E-state index contributed by atoms with van der Waals surface area (Å²) in [5.74, 6) is 0.544. The van der Waals surface area contributed by atoms with Crippen LogP contribution in [0.2, 0.25) is 0 Å². The average Bonchev–Trinajstić information content (AvgIpc) is 3.23. The van der Waals surface area contributed by atoms with Gasteiger partial charge in [0.15, 0.2) is 0 Å². The maximum absolute atomic E-state index is 12.3. The third kappa shape index (κ3) is 5.28. The van der Waals surface area contributed by atoms with Gasteiger partial charge in [-0.3, -0.25) is 9.59 Å². The van der Waals surface area contributed by atoms with E-state index in [9.17, 15) is 9.59 Å². The second-order valence-electron chi connectivity index (χ2n) is 7.42. The van der Waals surface area contributed by atoms with E-state index < -0.39 is 0 Å². The van der Waals surface area contributed by atoms with E-state index in [-0.39, 0.29) is 24.0 Å². The molecule has 0 spiro atoms. The number of rotatable bonds is 7. The lowest BCUT2D eigenvalue weighted by molar-refractivity contribution is -0.111. The van der Waals surface area contributed by atoms with E-state index in [1.807, 2.05) is 44.2 Å². The van der Waals surface area contributed by atoms with Gasteiger partial charge in [0.25, 0.3) is 5.56 Å². The number of nitrogens with one attached hydrogen (secondary N) is 1. The molecule has 0 bridgehead atoms. The highest BCUT2D eigenvalue weighted by Gasteiger charge is 2.12. The molecule has 4 rings (SSSR count). The van der Waals surface area contributed by atoms with E-state index in [0.717, 1.165) is 10.6 Å². The van der Waals surface area contributed by atoms with Crippen LogP contribution in [0.25, 0.3) is 11.0 Å². The number of hydrogen-bond donors (Lipinski definition) is 1. The van der Waals surface area contributed by atoms with Gasteiger partial charge in [-0.2, -0.15) is 9.61 Å². The predicted octanol–water partition coefficient (Wildman–Crippen LogP) is 4.51. The standard InChI is InChI=1S/C24H22N4O3S/c1-16(2)23-27-28-22(30)14-19(26-24(28)32-23)15-31-20-10-6-9-18(13-20)25-21(29)12-11-17-7-4-3-5-8-17/h3-14,16H,15H2,1-2H3,(H,25,29). The maximum Gasteiger partial charge on any atom is 0.275 e. The summed E-state index contributed by atoms with van der Waals surface area (Å²) >= 11 is 1.40. The van der Waals surface area contributed by atoms with Gasteiger partial charge < -0.3 is 10.1 Å². The highest BCUT2D eigenvalue weighted by atomic mass is 32.1. The van der Waals surface area contributed by atoms with E-state index in [4.69, 9.17) is 4.74 Å². The minimum atomic E-state index is -0.239. The van der Waals surface area contributed by atoms with E-state index in [0.29, 0.717) is 22.1 Å². The topological polar surface area (TPSA) is 85.6 Å². The van der Waals surface area contributed by atoms with Crippen molar-refractivity contribution in [3.05, 3.63) is 93.4 Å². The van der Waals surface area contributed by atoms with Crippen molar-refractivity contribution < 1.29 is 9.53 Å². The zero-order valence-corrected chi connectivity index (χ0v) is 18.5. The van der Waals surface area contributed by atoms with Crippen LogP contribution in [-0.4, -0.2) is 20.5 Å². The molecular weight excluding hydrogens is 424 g/mol. The van der Waals surface area contributed by atoms with Crippen molar-refractivity contribution in [1.82, 2.24) is 14.6 Å². The fraction of sp³-hybridized carbons (Fsp3) is 0.167. The Morgan fingerprint density at radius 1 is 1.16 bits per heavy atom. The van der Waals surface area contributed by atoms with E-state index in [2.05, 4.69) is 15.4 Å². The molecule has 2 heterocycles. The number of aromatic nitrogens is 3. The molecule has 7 nitrogen and oxygen atoms in total. The molecule has 4 aromatic rings. The summed E-state index contributed by atoms with van der Waals surface area (Å²) in [5, 5.41) is 7.99. The molecule has 32 heavy (non-hydrogen) atoms. The third-order valence-corrected chi connectivity index (χ3v) is 5.73. The Morgan fingerprint density at radius 2 is 1.97 bits per heavy atom. The first-order valence-electron chi connectivity index (χ1n) is 10.1. The molecule has 0 unspecified atom stereocenters. The summed E-state index contributed by atoms with van der Waals surface area (Å²) in [5.41, 5.74) is 1.84. The first-order chi connectivity index (χ1) is 15.5. The largest absolute Gasteiger partial charge is 0.487 e. The van der Waals surface area contributed by atoms with Crippen molar-refractivity contribution in [2.24, 2.45) is 0 Å². The molecule has 8 heteroatoms. The molecule has 2 aromatic carbocycles. The molecule has 2 aromatic heterocycles. The summed E-state index contributed by atoms with van der Waals surface area (Å²) in [6, 6.07) is 18.1. The minimum absolute atomic E-state index is 0.131. The van der Waals surface area contributed by atoms with Crippen LogP contribution < -0.4 is 15.6 Å². The van der Waals surface area contributed by atoms with Crippen LogP contribution in [0.3, 0.4) is 0 Å². The maximum atomic E-state index is 12.3. The van der Waals surface area contributed by atoms with Crippen LogP contribution in [-0.2, 0) is 11.4 Å². The number of hydrogen-bond acceptors (Lipinski definition) is 6. The molecule has 0 radical (unpaired) electrons. The molecule has 0 aliphatic carbocycles. The van der Waals surface area contributed by atoms with Gasteiger partial charge in [-0.1, -0.05) is 61.6 Å². The van der Waals surface area contributed by atoms with E-state index >= 15 is 0 Å². The SMILES string of the molecule is CC(C)c1nn2c(=O)cc(COc3cccc(NC(=O)C=Cc4ccccc4)c3)nc2s1. The molecular formula is C24H22N4O3S. The number of anilines is 1. The first kappa shape index (κ1) is 21.5. The summed E-state index contributed by atoms with van der Waals surface area (Å²) in [6.07, 6.45) is 3.23. The Bertz CT molecular complexity index is 1330. The lowest BCUT2D eigenvalue weighted by Gasteiger charge is -2.08. The van der Waals surface area contributed by atoms with Crippen molar-refractivity contribution in [2.75, 3.05) is 5.32 Å². The molecule has 0 saturated heterocycles. The van der Waals surface area contributed by atoms with Crippen LogP contribution in [0.5, 0.6) is 5.75 Å². The number of amides is 1. The Kier molecular flexibility index (Phi) is 6.42. The van der Waals surface area contributed by atoms with Gasteiger partial charge in [0, 0.05) is 29.8 Å². The van der Waals surface area contributed by atoms with Crippen LogP contribution in [0.4, 0.5) is 5.69 Å². The molecule has 1 amide bonds. The molecule has 0 aliphatic rings. The van der Waals surface area contributed by atoms with Gasteiger partial charge in [0.1, 0.15) is 17.4 Å². The zero-order valence-electron chi connectivity index (χ0n) is 17.7. The summed E-state index contributed by atoms with van der Waals surface area (Å²) in [7, 11) is 0. The Hall–Kier alpha value is -3.78. The van der Waals surface area contributed by atoms with Gasteiger partial charge >= 0.3 is 0 Å². The molecule has 0 aliphatic heterocycles. The van der Waals surface area contributed by atoms with Crippen molar-refractivity contribution in [2.45, 2.75) is 26.4 Å². The predicted molar refractivity (Wildman–Crippen MR) is 126 cm³/mol. The highest BCUT2D eigenvalue weighted by molar-refractivity contribution is 7.16. The Balaban J connectivity index is 1.41. The van der Waals surface area contributed by atoms with Gasteiger partial charge in [-0.15, -0.1) is 0 Å². The summed E-state index contributed by atoms with van der Waals surface area (Å²) in [4.78, 5) is 29.6. The monoisotopic (exact) mass is 446 g/mol. The van der Waals surface area contributed by atoms with Gasteiger partial charge in [-0.05, 0) is 23.8 Å². The van der Waals surface area contributed by atoms with Crippen molar-refractivity contribution in [1.29, 1.82) is 0 Å². The quantitative estimate of drug-likeness (QED) is 0.422. The number of carbonyl (C=O) groups is 1. The van der Waals surface area contributed by atoms with E-state index in [1.54, 1.807) is 30.3 Å². The summed E-state index contributed by atoms with van der Waals surface area (Å²) in [6.45, 7) is 4.18. The van der Waals surface area contributed by atoms with Gasteiger partial charge in [0.2, 0.25) is 10.9 Å². The third-order valence-electron chi connectivity index (χ3n) is 4.52. The highest BCUT2D eigenvalue weighted by Crippen LogP contribution is 2.21. The second-order valence-corrected chi connectivity index (χ2v) is 8.41. The van der Waals surface area contributed by atoms with Crippen LogP contribution in [0, 0.1) is 0 Å². The zero-order chi connectivity index (χ0) is 22.5. The lowest BCUT2D eigenvalue weighted by atomic mass is 10.2. The van der Waals surface area contributed by atoms with E-state index in [1.165, 1.54) is 28.0 Å². The molecule has 0 atom stereocenters. The van der Waals surface area contributed by atoms with Crippen LogP contribution in [0.15, 0.2) is 71.5 Å². The summed E-state index contributed by atoms with van der Waals surface area (Å²) < 4.78 is 7.13. The minimum Gasteiger partial charge on any atom is -0.487 e. The number of ether oxygens (including phenoxy) is 1. The number of nitrogens with zero attached hydrogens (tertiary/aromatic N) is 3. The Labute approximate surface area is 189 Å². The smallest absolute Gasteiger partial charge is 0.275 e. The van der Waals surface area contributed by atoms with Crippen molar-refractivity contribution in [3.8, 4) is 5.75 Å². The first-order valence-corrected chi connectivity index (χ1v) is 11.0. The number of fused-ring (bicyclic) bond motifs is 1. The number of benzene rings is 2. The average molecular weight is 447 g/mol. The lowest BCUT2D eigenvalue weighted by Crippen LogP contribution is -2.16. The fourth-order valence-electron chi connectivity index (χ4n) is 2.92. The van der Waals surface area contributed by atoms with Gasteiger partial charge in [-0.25, -0.2) is 4.98 Å². The fourth-order valence-corrected chi connectivity index (χ4v) is 3.84. The van der Waals surface area contributed by atoms with Crippen LogP contribution in [0.1, 0.15) is 36.0 Å².